The molecule has 1 nitrogen and oxygen atoms in total. The molecule has 0 amide bonds. The molecule has 0 saturated heterocycles. The molecule has 2 aromatic rings. The molecule has 0 spiro atoms. The summed E-state index contributed by atoms with van der Waals surface area (Å²) >= 11 is 4.87. The van der Waals surface area contributed by atoms with Gasteiger partial charge in [-0.3, -0.25) is 4.79 Å². The van der Waals surface area contributed by atoms with Crippen molar-refractivity contribution in [3.05, 3.63) is 58.9 Å². The maximum absolute atomic E-state index is 13.8. The van der Waals surface area contributed by atoms with E-state index in [9.17, 15) is 26.7 Å². The Hall–Kier alpha value is -1.95. The molecule has 0 saturated carbocycles. The Kier molecular flexibility index (Phi) is 3.76. The van der Waals surface area contributed by atoms with Crippen molar-refractivity contribution < 1.29 is 26.7 Å². The van der Waals surface area contributed by atoms with Gasteiger partial charge in [0.2, 0.25) is 0 Å². The molecule has 0 radical (unpaired) electrons. The topological polar surface area (TPSA) is 17.1 Å². The summed E-state index contributed by atoms with van der Waals surface area (Å²) in [6.07, 6.45) is 0. The van der Waals surface area contributed by atoms with Crippen LogP contribution in [-0.2, 0) is 0 Å². The molecule has 0 aliphatic carbocycles. The van der Waals surface area contributed by atoms with E-state index in [1.165, 1.54) is 0 Å². The minimum Gasteiger partial charge on any atom is -0.275 e. The van der Waals surface area contributed by atoms with Crippen molar-refractivity contribution in [3.8, 4) is 11.1 Å². The van der Waals surface area contributed by atoms with Gasteiger partial charge in [0.15, 0.2) is 23.3 Å². The van der Waals surface area contributed by atoms with Crippen molar-refractivity contribution >= 4 is 16.8 Å². The number of hydrogen-bond donors (Lipinski definition) is 0. The van der Waals surface area contributed by atoms with Gasteiger partial charge >= 0.3 is 0 Å². The quantitative estimate of drug-likeness (QED) is 0.456. The average molecular weight is 307 g/mol. The standard InChI is InChI=1S/C13H4ClF5O/c14-13(20)8-11(18)9(16)7(10(17)12(8)19)5-2-1-3-6(15)4-5/h1-4H. The number of rotatable bonds is 2. The lowest BCUT2D eigenvalue weighted by Crippen LogP contribution is -2.08. The number of halogens is 6. The molecule has 0 atom stereocenters. The predicted octanol–water partition coefficient (Wildman–Crippen LogP) is 4.43. The highest BCUT2D eigenvalue weighted by molar-refractivity contribution is 6.67. The summed E-state index contributed by atoms with van der Waals surface area (Å²) in [6.45, 7) is 0. The van der Waals surface area contributed by atoms with Gasteiger partial charge in [-0.25, -0.2) is 22.0 Å². The summed E-state index contributed by atoms with van der Waals surface area (Å²) in [6, 6.07) is 3.86. The third kappa shape index (κ3) is 2.27. The van der Waals surface area contributed by atoms with E-state index in [1.54, 1.807) is 0 Å². The maximum atomic E-state index is 13.8. The normalized spacial score (nSPS) is 10.7. The highest BCUT2D eigenvalue weighted by atomic mass is 35.5. The summed E-state index contributed by atoms with van der Waals surface area (Å²) in [7, 11) is 0. The monoisotopic (exact) mass is 306 g/mol. The summed E-state index contributed by atoms with van der Waals surface area (Å²) in [5.41, 5.74) is -3.05. The van der Waals surface area contributed by atoms with Gasteiger partial charge in [0.05, 0.1) is 5.56 Å². The second-order valence-corrected chi connectivity index (χ2v) is 4.13. The van der Waals surface area contributed by atoms with E-state index < -0.39 is 51.0 Å². The van der Waals surface area contributed by atoms with E-state index in [0.717, 1.165) is 18.2 Å². The van der Waals surface area contributed by atoms with Gasteiger partial charge in [0.25, 0.3) is 5.24 Å². The lowest BCUT2D eigenvalue weighted by atomic mass is 10.0. The zero-order valence-corrected chi connectivity index (χ0v) is 10.2. The first kappa shape index (κ1) is 14.5. The van der Waals surface area contributed by atoms with Gasteiger partial charge in [-0.1, -0.05) is 12.1 Å². The number of carbonyl (C=O) groups excluding carboxylic acids is 1. The van der Waals surface area contributed by atoms with E-state index in [-0.39, 0.29) is 0 Å². The minimum absolute atomic E-state index is 0.411. The first-order valence-corrected chi connectivity index (χ1v) is 5.54. The second-order valence-electron chi connectivity index (χ2n) is 3.79. The summed E-state index contributed by atoms with van der Waals surface area (Å²) in [5, 5.41) is -1.68. The van der Waals surface area contributed by atoms with Gasteiger partial charge in [-0.2, -0.15) is 0 Å². The molecule has 0 heterocycles. The van der Waals surface area contributed by atoms with Crippen molar-refractivity contribution in [1.82, 2.24) is 0 Å². The SMILES string of the molecule is O=C(Cl)c1c(F)c(F)c(-c2cccc(F)c2)c(F)c1F. The Bertz CT molecular complexity index is 685. The Labute approximate surface area is 114 Å². The maximum Gasteiger partial charge on any atom is 0.258 e. The molecule has 0 N–H and O–H groups in total. The molecule has 0 aromatic heterocycles. The van der Waals surface area contributed by atoms with Crippen molar-refractivity contribution in [1.29, 1.82) is 0 Å². The van der Waals surface area contributed by atoms with Crippen LogP contribution in [0.4, 0.5) is 22.0 Å². The average Bonchev–Trinajstić information content (AvgIpc) is 2.37. The van der Waals surface area contributed by atoms with Crippen LogP contribution in [0.5, 0.6) is 0 Å². The highest BCUT2D eigenvalue weighted by Gasteiger charge is 2.29. The number of carbonyl (C=O) groups is 1. The fraction of sp³-hybridized carbons (Fsp3) is 0. The summed E-state index contributed by atoms with van der Waals surface area (Å²) in [4.78, 5) is 10.8. The van der Waals surface area contributed by atoms with E-state index in [4.69, 9.17) is 11.6 Å². The smallest absolute Gasteiger partial charge is 0.258 e. The molecule has 2 rings (SSSR count). The van der Waals surface area contributed by atoms with Crippen LogP contribution in [0.2, 0.25) is 0 Å². The third-order valence-electron chi connectivity index (χ3n) is 2.57. The van der Waals surface area contributed by atoms with Crippen LogP contribution >= 0.6 is 11.6 Å². The van der Waals surface area contributed by atoms with Crippen LogP contribution in [-0.4, -0.2) is 5.24 Å². The molecule has 0 fully saturated rings. The van der Waals surface area contributed by atoms with Crippen molar-refractivity contribution in [2.75, 3.05) is 0 Å². The number of benzene rings is 2. The van der Waals surface area contributed by atoms with E-state index in [1.807, 2.05) is 0 Å². The molecule has 0 unspecified atom stereocenters. The Balaban J connectivity index is 2.83. The van der Waals surface area contributed by atoms with Gasteiger partial charge < -0.3 is 0 Å². The van der Waals surface area contributed by atoms with Crippen LogP contribution in [0.3, 0.4) is 0 Å². The lowest BCUT2D eigenvalue weighted by Gasteiger charge is -2.10. The Morgan fingerprint density at radius 2 is 1.45 bits per heavy atom. The van der Waals surface area contributed by atoms with Crippen LogP contribution < -0.4 is 0 Å². The van der Waals surface area contributed by atoms with Gasteiger partial charge in [0, 0.05) is 0 Å². The largest absolute Gasteiger partial charge is 0.275 e. The van der Waals surface area contributed by atoms with Crippen molar-refractivity contribution in [2.45, 2.75) is 0 Å². The summed E-state index contributed by atoms with van der Waals surface area (Å²) < 4.78 is 67.7. The first-order chi connectivity index (χ1) is 9.34. The molecule has 20 heavy (non-hydrogen) atoms. The zero-order valence-electron chi connectivity index (χ0n) is 9.49. The van der Waals surface area contributed by atoms with Gasteiger partial charge in [-0.05, 0) is 29.3 Å². The zero-order chi connectivity index (χ0) is 15.0. The fourth-order valence-electron chi connectivity index (χ4n) is 1.70. The molecule has 104 valence electrons. The fourth-order valence-corrected chi connectivity index (χ4v) is 1.87. The van der Waals surface area contributed by atoms with Gasteiger partial charge in [0.1, 0.15) is 11.4 Å². The molecule has 0 bridgehead atoms. The van der Waals surface area contributed by atoms with Crippen LogP contribution in [0.1, 0.15) is 10.4 Å². The molecular weight excluding hydrogens is 303 g/mol. The predicted molar refractivity (Wildman–Crippen MR) is 61.9 cm³/mol. The van der Waals surface area contributed by atoms with E-state index in [2.05, 4.69) is 0 Å². The molecule has 0 aliphatic heterocycles. The van der Waals surface area contributed by atoms with Crippen molar-refractivity contribution in [3.63, 3.8) is 0 Å². The first-order valence-electron chi connectivity index (χ1n) is 5.16. The highest BCUT2D eigenvalue weighted by Crippen LogP contribution is 2.32. The van der Waals surface area contributed by atoms with Crippen LogP contribution in [0.25, 0.3) is 11.1 Å². The van der Waals surface area contributed by atoms with Gasteiger partial charge in [-0.15, -0.1) is 0 Å². The Morgan fingerprint density at radius 3 is 1.90 bits per heavy atom. The molecular formula is C13H4ClF5O. The minimum atomic E-state index is -1.93. The van der Waals surface area contributed by atoms with E-state index in [0.29, 0.717) is 6.07 Å². The second kappa shape index (κ2) is 5.20. The number of hydrogen-bond acceptors (Lipinski definition) is 1. The van der Waals surface area contributed by atoms with Crippen LogP contribution in [0, 0.1) is 29.1 Å². The van der Waals surface area contributed by atoms with Crippen LogP contribution in [0.15, 0.2) is 24.3 Å². The molecule has 7 heteroatoms. The third-order valence-corrected chi connectivity index (χ3v) is 2.76. The van der Waals surface area contributed by atoms with Crippen molar-refractivity contribution in [2.24, 2.45) is 0 Å². The molecule has 0 aliphatic rings. The Morgan fingerprint density at radius 1 is 0.900 bits per heavy atom. The lowest BCUT2D eigenvalue weighted by molar-refractivity contribution is 0.107. The van der Waals surface area contributed by atoms with E-state index >= 15 is 0 Å². The molecule has 2 aromatic carbocycles. The summed E-state index contributed by atoms with van der Waals surface area (Å²) in [5.74, 6) is -8.34.